The van der Waals surface area contributed by atoms with Crippen molar-refractivity contribution >= 4 is 85.9 Å². The zero-order chi connectivity index (χ0) is 64.3. The number of aromatic nitrogens is 9. The molecule has 0 amide bonds. The highest BCUT2D eigenvalue weighted by atomic mass is 32.1. The third kappa shape index (κ3) is 10.8. The minimum atomic E-state index is -0.184. The number of phenols is 7. The van der Waals surface area contributed by atoms with E-state index in [9.17, 15) is 35.7 Å². The number of thiocarbonyl (C=S) groups is 1. The topological polar surface area (TPSA) is 228 Å². The van der Waals surface area contributed by atoms with Gasteiger partial charge in [-0.3, -0.25) is 9.47 Å². The molecule has 90 heavy (non-hydrogen) atoms. The molecule has 19 nitrogen and oxygen atoms in total. The first-order valence-corrected chi connectivity index (χ1v) is 31.4. The van der Waals surface area contributed by atoms with Crippen LogP contribution in [0.4, 0.5) is 5.69 Å². The van der Waals surface area contributed by atoms with Crippen LogP contribution < -0.4 is 19.6 Å². The number of allylic oxidation sites excluding steroid dienone is 1. The van der Waals surface area contributed by atoms with Gasteiger partial charge in [0.05, 0.1) is 33.4 Å². The van der Waals surface area contributed by atoms with Gasteiger partial charge in [0.1, 0.15) is 77.1 Å². The highest BCUT2D eigenvalue weighted by molar-refractivity contribution is 7.80. The summed E-state index contributed by atoms with van der Waals surface area (Å²) in [5.41, 5.74) is 9.13. The summed E-state index contributed by atoms with van der Waals surface area (Å²) < 4.78 is 21.0. The molecule has 11 aromatic rings. The summed E-state index contributed by atoms with van der Waals surface area (Å²) >= 11 is 18.6. The molecule has 9 N–H and O–H groups in total. The Kier molecular flexibility index (Phi) is 17.1. The van der Waals surface area contributed by atoms with E-state index in [1.807, 2.05) is 133 Å². The first-order valence-electron chi connectivity index (χ1n) is 30.1. The summed E-state index contributed by atoms with van der Waals surface area (Å²) in [7, 11) is 1.75. The smallest absolute Gasteiger partial charge is 0.319 e. The van der Waals surface area contributed by atoms with E-state index in [2.05, 4.69) is 39.5 Å². The Morgan fingerprint density at radius 3 is 1.90 bits per heavy atom. The normalized spacial score (nSPS) is 12.0. The molecule has 0 saturated heterocycles. The van der Waals surface area contributed by atoms with Gasteiger partial charge >= 0.3 is 10.6 Å². The second-order valence-electron chi connectivity index (χ2n) is 22.9. The molecule has 0 unspecified atom stereocenters. The van der Waals surface area contributed by atoms with Crippen molar-refractivity contribution in [3.05, 3.63) is 153 Å². The van der Waals surface area contributed by atoms with E-state index in [0.717, 1.165) is 38.6 Å². The Balaban J connectivity index is 0.999. The number of benzene rings is 6. The van der Waals surface area contributed by atoms with Gasteiger partial charge in [-0.25, -0.2) is 4.68 Å². The fraction of sp³-hybridized carbons (Fsp3) is 0.279. The van der Waals surface area contributed by atoms with E-state index in [-0.39, 0.29) is 72.2 Å². The number of nitrogens with zero attached hydrogens (tertiary/aromatic N) is 9. The number of hydrogen-bond acceptors (Lipinski definition) is 12. The number of aryl methyl sites for hydroxylation is 4. The first-order chi connectivity index (χ1) is 43.1. The fourth-order valence-corrected chi connectivity index (χ4v) is 13.0. The van der Waals surface area contributed by atoms with Crippen LogP contribution in [0.2, 0.25) is 0 Å². The zero-order valence-electron chi connectivity index (χ0n) is 51.9. The lowest BCUT2D eigenvalue weighted by molar-refractivity contribution is -0.742. The minimum absolute atomic E-state index is 0.0188. The average molecular weight is 1270 g/mol. The molecule has 0 aliphatic heterocycles. The van der Waals surface area contributed by atoms with Gasteiger partial charge in [-0.2, -0.15) is 14.3 Å². The van der Waals surface area contributed by atoms with E-state index in [1.165, 1.54) is 18.2 Å². The summed E-state index contributed by atoms with van der Waals surface area (Å²) in [4.78, 5) is 1.89. The Hall–Kier alpha value is -9.51. The van der Waals surface area contributed by atoms with Crippen LogP contribution in [0, 0.1) is 16.5 Å². The van der Waals surface area contributed by atoms with Crippen LogP contribution in [0.25, 0.3) is 72.6 Å². The van der Waals surface area contributed by atoms with Gasteiger partial charge in [0.15, 0.2) is 10.9 Å². The van der Waals surface area contributed by atoms with Crippen LogP contribution in [0.15, 0.2) is 116 Å². The molecule has 0 bridgehead atoms. The zero-order valence-corrected chi connectivity index (χ0v) is 54.3. The lowest BCUT2D eigenvalue weighted by Crippen LogP contribution is -2.41. The monoisotopic (exact) mass is 1270 g/mol. The average Bonchev–Trinajstić information content (AvgIpc) is 1.58. The maximum absolute atomic E-state index is 11.8. The molecule has 6 aromatic carbocycles. The Morgan fingerprint density at radius 1 is 0.678 bits per heavy atom. The van der Waals surface area contributed by atoms with E-state index in [1.54, 1.807) is 42.1 Å². The van der Waals surface area contributed by atoms with Crippen LogP contribution in [0.3, 0.4) is 0 Å². The van der Waals surface area contributed by atoms with Gasteiger partial charge in [0, 0.05) is 83.0 Å². The number of ether oxygens (including phenoxy) is 1. The van der Waals surface area contributed by atoms with Crippen LogP contribution >= 0.6 is 36.7 Å². The molecular formula is C68H74N11O8S3+. The lowest BCUT2D eigenvalue weighted by Gasteiger charge is -2.29. The molecule has 0 fully saturated rings. The standard InChI is InChI=1S/C68H73N11O8S3/c1-11-15-51(47-30-40(12-2)55(81)33-58(47)84)77(66(88)69-10)44-16-17-50-43(29-44)28-39(9)74(50)36-76-68(90)78(64(70-76)48-31-41(13-3)56(82)34-59(48)85)52-19-21-61(63-46(52)23-25-73(63)38(7)8)87-27-26-75-65(49-32-42(14-4)57(83)35-60(49)86)79(67(89)71-75)53-18-20-54(80)62-45(53)22-24-72(62)37(5)6/h15-25,28-35,37-38H,11-14,26-27,36H2,1-10H3,(H8,69,70,71,80,81,82,83,84,85,86,88,89)/p+1. The molecule has 5 heterocycles. The number of aromatic amines is 1. The van der Waals surface area contributed by atoms with Gasteiger partial charge in [-0.05, 0) is 193 Å². The number of nitrogens with one attached hydrogen (secondary N) is 2. The van der Waals surface area contributed by atoms with E-state index < -0.39 is 0 Å². The molecule has 11 rings (SSSR count). The van der Waals surface area contributed by atoms with Crippen molar-refractivity contribution in [3.63, 3.8) is 0 Å². The van der Waals surface area contributed by atoms with Crippen molar-refractivity contribution in [2.45, 2.75) is 113 Å². The molecular weight excluding hydrogens is 1200 g/mol. The van der Waals surface area contributed by atoms with Crippen molar-refractivity contribution in [2.75, 3.05) is 18.6 Å². The molecule has 22 heteroatoms. The van der Waals surface area contributed by atoms with Crippen molar-refractivity contribution in [1.29, 1.82) is 0 Å². The second kappa shape index (κ2) is 24.8. The molecule has 0 aliphatic rings. The number of phenolic OH excluding ortho intramolecular Hbond substituents is 7. The first kappa shape index (κ1) is 62.1. The molecule has 0 atom stereocenters. The maximum Gasteiger partial charge on any atom is 0.319 e. The predicted octanol–water partition coefficient (Wildman–Crippen LogP) is 14.2. The van der Waals surface area contributed by atoms with Crippen LogP contribution in [-0.4, -0.2) is 92.2 Å². The third-order valence-corrected chi connectivity index (χ3v) is 17.8. The Bertz CT molecular complexity index is 4810. The number of fused-ring (bicyclic) bond motifs is 3. The van der Waals surface area contributed by atoms with E-state index >= 15 is 0 Å². The molecule has 0 aliphatic carbocycles. The maximum atomic E-state index is 11.8. The van der Waals surface area contributed by atoms with Gasteiger partial charge in [0.2, 0.25) is 4.77 Å². The molecule has 5 aromatic heterocycles. The fourth-order valence-electron chi connectivity index (χ4n) is 12.2. The predicted molar refractivity (Wildman–Crippen MR) is 362 cm³/mol. The molecule has 0 radical (unpaired) electrons. The van der Waals surface area contributed by atoms with Gasteiger partial charge < -0.3 is 59.5 Å². The number of aromatic hydroxyl groups is 7. The van der Waals surface area contributed by atoms with Gasteiger partial charge in [0.25, 0.3) is 0 Å². The van der Waals surface area contributed by atoms with Crippen LogP contribution in [-0.2, 0) is 32.5 Å². The van der Waals surface area contributed by atoms with Gasteiger partial charge in [-0.1, -0.05) is 33.8 Å². The SMILES string of the molecule is CCC=C(c1cc(CC)c(O)cc1O)N(C(=S)NC)c1ccc2c(c1)cc(C)n2Cn1nc(-c2cc(CC)c(O)cc2O)n(-c2ccc(OCC[n+]3[nH]c(=S)n(-c4ccc(O)c5c4ccn5C(C)C)c3-c3cc(CC)c(O)cc3O)c3c2ccn3C(C)C)c1=S. The van der Waals surface area contributed by atoms with Crippen molar-refractivity contribution in [1.82, 2.24) is 43.0 Å². The molecule has 466 valence electrons. The summed E-state index contributed by atoms with van der Waals surface area (Å²) in [6, 6.07) is 28.7. The number of anilines is 1. The van der Waals surface area contributed by atoms with Gasteiger partial charge in [-0.15, -0.1) is 5.10 Å². The highest BCUT2D eigenvalue weighted by Gasteiger charge is 2.32. The number of hydrogen-bond donors (Lipinski definition) is 9. The number of H-pyrrole nitrogens is 1. The highest BCUT2D eigenvalue weighted by Crippen LogP contribution is 2.43. The third-order valence-electron chi connectivity index (χ3n) is 16.7. The summed E-state index contributed by atoms with van der Waals surface area (Å²) in [6.45, 7) is 18.6. The van der Waals surface area contributed by atoms with Crippen LogP contribution in [0.1, 0.15) is 102 Å². The summed E-state index contributed by atoms with van der Waals surface area (Å²) in [6.07, 6.45) is 8.09. The second-order valence-corrected chi connectivity index (χ2v) is 24.0. The quantitative estimate of drug-likeness (QED) is 0.0271. The molecule has 0 saturated carbocycles. The molecule has 0 spiro atoms. The van der Waals surface area contributed by atoms with Crippen molar-refractivity contribution in [2.24, 2.45) is 0 Å². The summed E-state index contributed by atoms with van der Waals surface area (Å²) in [5, 5.41) is 92.9. The minimum Gasteiger partial charge on any atom is -0.508 e. The Labute approximate surface area is 536 Å². The van der Waals surface area contributed by atoms with E-state index in [4.69, 9.17) is 46.5 Å². The van der Waals surface area contributed by atoms with Crippen LogP contribution in [0.5, 0.6) is 46.0 Å². The van der Waals surface area contributed by atoms with Crippen molar-refractivity contribution in [3.8, 4) is 80.1 Å². The largest absolute Gasteiger partial charge is 0.508 e. The Morgan fingerprint density at radius 2 is 1.27 bits per heavy atom. The van der Waals surface area contributed by atoms with Crippen molar-refractivity contribution < 1.29 is 45.2 Å². The summed E-state index contributed by atoms with van der Waals surface area (Å²) in [5.74, 6) is 1.05. The van der Waals surface area contributed by atoms with E-state index in [0.29, 0.717) is 114 Å². The lowest BCUT2D eigenvalue weighted by atomic mass is 10.0. The number of rotatable bonds is 19.